The Hall–Kier alpha value is -2.38. The SMILES string of the molecule is O=C1NC(C(=O)N2CCN(c3ncccn3)CC2)CO1. The predicted molar refractivity (Wildman–Crippen MR) is 69.1 cm³/mol. The van der Waals surface area contributed by atoms with E-state index in [2.05, 4.69) is 15.3 Å². The summed E-state index contributed by atoms with van der Waals surface area (Å²) in [6, 6.07) is 1.22. The summed E-state index contributed by atoms with van der Waals surface area (Å²) >= 11 is 0. The van der Waals surface area contributed by atoms with E-state index in [0.29, 0.717) is 32.1 Å². The second-order valence-electron chi connectivity index (χ2n) is 4.66. The highest BCUT2D eigenvalue weighted by Crippen LogP contribution is 2.11. The number of cyclic esters (lactones) is 1. The largest absolute Gasteiger partial charge is 0.447 e. The molecule has 0 saturated carbocycles. The highest BCUT2D eigenvalue weighted by atomic mass is 16.6. The summed E-state index contributed by atoms with van der Waals surface area (Å²) in [5.41, 5.74) is 0. The van der Waals surface area contributed by atoms with Crippen LogP contribution in [0.25, 0.3) is 0 Å². The number of nitrogens with zero attached hydrogens (tertiary/aromatic N) is 4. The zero-order valence-electron chi connectivity index (χ0n) is 10.9. The minimum absolute atomic E-state index is 0.0931. The molecule has 2 aliphatic rings. The number of hydrogen-bond acceptors (Lipinski definition) is 6. The Morgan fingerprint density at radius 3 is 2.55 bits per heavy atom. The normalized spacial score (nSPS) is 22.4. The van der Waals surface area contributed by atoms with Gasteiger partial charge >= 0.3 is 6.09 Å². The summed E-state index contributed by atoms with van der Waals surface area (Å²) in [6.07, 6.45) is 2.87. The van der Waals surface area contributed by atoms with Gasteiger partial charge in [-0.15, -0.1) is 0 Å². The second kappa shape index (κ2) is 5.32. The van der Waals surface area contributed by atoms with Gasteiger partial charge in [-0.05, 0) is 6.07 Å². The molecule has 8 nitrogen and oxygen atoms in total. The number of amides is 2. The zero-order chi connectivity index (χ0) is 13.9. The maximum absolute atomic E-state index is 12.2. The summed E-state index contributed by atoms with van der Waals surface area (Å²) < 4.78 is 4.74. The van der Waals surface area contributed by atoms with Gasteiger partial charge in [0.05, 0.1) is 0 Å². The zero-order valence-corrected chi connectivity index (χ0v) is 10.9. The molecule has 0 spiro atoms. The van der Waals surface area contributed by atoms with Crippen LogP contribution in [0.3, 0.4) is 0 Å². The van der Waals surface area contributed by atoms with E-state index in [0.717, 1.165) is 0 Å². The van der Waals surface area contributed by atoms with Crippen LogP contribution < -0.4 is 10.2 Å². The third kappa shape index (κ3) is 2.49. The Bertz CT molecular complexity index is 501. The van der Waals surface area contributed by atoms with Gasteiger partial charge in [0.2, 0.25) is 11.9 Å². The van der Waals surface area contributed by atoms with Crippen molar-refractivity contribution in [2.45, 2.75) is 6.04 Å². The number of anilines is 1. The molecule has 2 saturated heterocycles. The number of aromatic nitrogens is 2. The Morgan fingerprint density at radius 2 is 1.95 bits per heavy atom. The molecule has 3 heterocycles. The lowest BCUT2D eigenvalue weighted by Gasteiger charge is -2.35. The van der Waals surface area contributed by atoms with Crippen molar-refractivity contribution in [3.63, 3.8) is 0 Å². The number of hydrogen-bond donors (Lipinski definition) is 1. The molecule has 8 heteroatoms. The molecule has 1 unspecified atom stereocenters. The maximum Gasteiger partial charge on any atom is 0.407 e. The van der Waals surface area contributed by atoms with Crippen LogP contribution in [0.1, 0.15) is 0 Å². The Morgan fingerprint density at radius 1 is 1.25 bits per heavy atom. The molecule has 0 radical (unpaired) electrons. The lowest BCUT2D eigenvalue weighted by Crippen LogP contribution is -2.54. The van der Waals surface area contributed by atoms with E-state index in [-0.39, 0.29) is 12.5 Å². The Labute approximate surface area is 115 Å². The van der Waals surface area contributed by atoms with Crippen molar-refractivity contribution in [3.05, 3.63) is 18.5 Å². The molecule has 0 aliphatic carbocycles. The van der Waals surface area contributed by atoms with Crippen molar-refractivity contribution in [1.29, 1.82) is 0 Å². The Kier molecular flexibility index (Phi) is 3.36. The van der Waals surface area contributed by atoms with E-state index in [1.54, 1.807) is 23.4 Å². The highest BCUT2D eigenvalue weighted by Gasteiger charge is 2.33. The van der Waals surface area contributed by atoms with Crippen molar-refractivity contribution in [1.82, 2.24) is 20.2 Å². The first-order valence-corrected chi connectivity index (χ1v) is 6.48. The molecule has 106 valence electrons. The van der Waals surface area contributed by atoms with Crippen molar-refractivity contribution in [2.24, 2.45) is 0 Å². The number of nitrogens with one attached hydrogen (secondary N) is 1. The van der Waals surface area contributed by atoms with Gasteiger partial charge in [0.15, 0.2) is 0 Å². The molecule has 1 N–H and O–H groups in total. The first-order chi connectivity index (χ1) is 9.74. The van der Waals surface area contributed by atoms with Gasteiger partial charge in [-0.1, -0.05) is 0 Å². The maximum atomic E-state index is 12.2. The van der Waals surface area contributed by atoms with Gasteiger partial charge in [-0.2, -0.15) is 0 Å². The first-order valence-electron chi connectivity index (χ1n) is 6.48. The first kappa shape index (κ1) is 12.6. The fourth-order valence-electron chi connectivity index (χ4n) is 2.32. The van der Waals surface area contributed by atoms with Gasteiger partial charge in [-0.25, -0.2) is 14.8 Å². The minimum Gasteiger partial charge on any atom is -0.447 e. The van der Waals surface area contributed by atoms with Gasteiger partial charge < -0.3 is 19.9 Å². The molecule has 2 amide bonds. The monoisotopic (exact) mass is 277 g/mol. The molecule has 0 bridgehead atoms. The molecule has 1 aromatic heterocycles. The fraction of sp³-hybridized carbons (Fsp3) is 0.500. The third-order valence-electron chi connectivity index (χ3n) is 3.40. The van der Waals surface area contributed by atoms with E-state index < -0.39 is 12.1 Å². The van der Waals surface area contributed by atoms with E-state index in [4.69, 9.17) is 4.74 Å². The summed E-state index contributed by atoms with van der Waals surface area (Å²) in [4.78, 5) is 35.3. The summed E-state index contributed by atoms with van der Waals surface area (Å²) in [5, 5.41) is 2.50. The van der Waals surface area contributed by atoms with E-state index in [1.165, 1.54) is 0 Å². The van der Waals surface area contributed by atoms with E-state index >= 15 is 0 Å². The van der Waals surface area contributed by atoms with Crippen molar-refractivity contribution >= 4 is 17.9 Å². The Balaban J connectivity index is 1.56. The molecular weight excluding hydrogens is 262 g/mol. The molecule has 3 rings (SSSR count). The molecule has 1 aromatic rings. The third-order valence-corrected chi connectivity index (χ3v) is 3.40. The smallest absolute Gasteiger partial charge is 0.407 e. The standard InChI is InChI=1S/C12H15N5O3/c18-10(9-8-20-12(19)15-9)16-4-6-17(7-5-16)11-13-2-1-3-14-11/h1-3,9H,4-8H2,(H,15,19). The van der Waals surface area contributed by atoms with Crippen LogP contribution >= 0.6 is 0 Å². The highest BCUT2D eigenvalue weighted by molar-refractivity contribution is 5.88. The van der Waals surface area contributed by atoms with Crippen molar-refractivity contribution in [3.8, 4) is 0 Å². The molecule has 1 atom stereocenters. The van der Waals surface area contributed by atoms with Gasteiger partial charge in [0.25, 0.3) is 0 Å². The predicted octanol–water partition coefficient (Wildman–Crippen LogP) is -0.766. The number of carbonyl (C=O) groups is 2. The lowest BCUT2D eigenvalue weighted by molar-refractivity contribution is -0.133. The minimum atomic E-state index is -0.554. The number of rotatable bonds is 2. The molecule has 2 fully saturated rings. The average molecular weight is 277 g/mol. The van der Waals surface area contributed by atoms with Crippen molar-refractivity contribution in [2.75, 3.05) is 37.7 Å². The van der Waals surface area contributed by atoms with Crippen LogP contribution in [0.15, 0.2) is 18.5 Å². The van der Waals surface area contributed by atoms with E-state index in [9.17, 15) is 9.59 Å². The average Bonchev–Trinajstić information content (AvgIpc) is 2.94. The van der Waals surface area contributed by atoms with Crippen LogP contribution in [0.5, 0.6) is 0 Å². The van der Waals surface area contributed by atoms with E-state index in [1.807, 2.05) is 4.90 Å². The summed E-state index contributed by atoms with van der Waals surface area (Å²) in [7, 11) is 0. The lowest BCUT2D eigenvalue weighted by atomic mass is 10.2. The van der Waals surface area contributed by atoms with Crippen LogP contribution in [0, 0.1) is 0 Å². The molecule has 20 heavy (non-hydrogen) atoms. The van der Waals surface area contributed by atoms with Crippen LogP contribution in [-0.4, -0.2) is 65.7 Å². The topological polar surface area (TPSA) is 87.7 Å². The van der Waals surface area contributed by atoms with Gasteiger partial charge in [-0.3, -0.25) is 4.79 Å². The molecule has 0 aromatic carbocycles. The second-order valence-corrected chi connectivity index (χ2v) is 4.66. The van der Waals surface area contributed by atoms with Crippen LogP contribution in [0.2, 0.25) is 0 Å². The van der Waals surface area contributed by atoms with Gasteiger partial charge in [0.1, 0.15) is 12.6 Å². The molecule has 2 aliphatic heterocycles. The summed E-state index contributed by atoms with van der Waals surface area (Å²) in [6.45, 7) is 2.64. The number of piperazine rings is 1. The quantitative estimate of drug-likeness (QED) is 0.764. The number of alkyl carbamates (subject to hydrolysis) is 1. The number of carbonyl (C=O) groups excluding carboxylic acids is 2. The molecular formula is C12H15N5O3. The summed E-state index contributed by atoms with van der Waals surface area (Å²) in [5.74, 6) is 0.585. The van der Waals surface area contributed by atoms with Gasteiger partial charge in [0, 0.05) is 38.6 Å². The fourth-order valence-corrected chi connectivity index (χ4v) is 2.32. The van der Waals surface area contributed by atoms with Crippen LogP contribution in [-0.2, 0) is 9.53 Å². The number of ether oxygens (including phenoxy) is 1. The van der Waals surface area contributed by atoms with Crippen LogP contribution in [0.4, 0.5) is 10.7 Å². The van der Waals surface area contributed by atoms with Crippen molar-refractivity contribution < 1.29 is 14.3 Å².